The van der Waals surface area contributed by atoms with E-state index in [4.69, 9.17) is 4.74 Å². The van der Waals surface area contributed by atoms with Crippen LogP contribution < -0.4 is 4.74 Å². The van der Waals surface area contributed by atoms with Gasteiger partial charge in [0.25, 0.3) is 0 Å². The topological polar surface area (TPSA) is 72.8 Å². The zero-order valence-electron chi connectivity index (χ0n) is 10.2. The fourth-order valence-corrected chi connectivity index (χ4v) is 1.40. The largest absolute Gasteiger partial charge is 0.504 e. The summed E-state index contributed by atoms with van der Waals surface area (Å²) in [6.07, 6.45) is 3.76. The summed E-state index contributed by atoms with van der Waals surface area (Å²) in [5.74, 6) is -0.369. The van der Waals surface area contributed by atoms with E-state index in [0.29, 0.717) is 11.8 Å². The first-order valence-electron chi connectivity index (χ1n) is 5.22. The third kappa shape index (κ3) is 3.10. The molecular formula is C13H14O5. The van der Waals surface area contributed by atoms with Gasteiger partial charge in [0.1, 0.15) is 0 Å². The Morgan fingerprint density at radius 3 is 2.67 bits per heavy atom. The van der Waals surface area contributed by atoms with E-state index >= 15 is 0 Å². The number of esters is 1. The molecule has 5 heteroatoms. The van der Waals surface area contributed by atoms with Crippen molar-refractivity contribution in [3.63, 3.8) is 0 Å². The van der Waals surface area contributed by atoms with Crippen LogP contribution in [0.1, 0.15) is 22.3 Å². The van der Waals surface area contributed by atoms with Gasteiger partial charge >= 0.3 is 5.97 Å². The van der Waals surface area contributed by atoms with Gasteiger partial charge < -0.3 is 14.6 Å². The summed E-state index contributed by atoms with van der Waals surface area (Å²) in [7, 11) is 2.70. The third-order valence-corrected chi connectivity index (χ3v) is 2.36. The smallest absolute Gasteiger partial charge is 0.309 e. The number of aromatic hydroxyl groups is 1. The van der Waals surface area contributed by atoms with Crippen molar-refractivity contribution < 1.29 is 24.2 Å². The number of phenols is 1. The van der Waals surface area contributed by atoms with Crippen LogP contribution in [0.2, 0.25) is 0 Å². The minimum atomic E-state index is -0.378. The fraction of sp³-hybridized carbons (Fsp3) is 0.231. The summed E-state index contributed by atoms with van der Waals surface area (Å²) < 4.78 is 9.37. The molecule has 0 unspecified atom stereocenters. The highest BCUT2D eigenvalue weighted by atomic mass is 16.5. The zero-order chi connectivity index (χ0) is 13.5. The SMILES string of the molecule is COC(=O)CC=Cc1ccc(OC)c(O)c1C=O. The van der Waals surface area contributed by atoms with E-state index in [9.17, 15) is 14.7 Å². The van der Waals surface area contributed by atoms with Crippen molar-refractivity contribution in [2.75, 3.05) is 14.2 Å². The predicted octanol–water partition coefficient (Wildman–Crippen LogP) is 1.79. The maximum atomic E-state index is 10.9. The second-order valence-corrected chi connectivity index (χ2v) is 3.42. The normalized spacial score (nSPS) is 10.3. The molecule has 1 aromatic rings. The molecule has 1 rings (SSSR count). The lowest BCUT2D eigenvalue weighted by molar-refractivity contribution is -0.139. The van der Waals surface area contributed by atoms with Crippen LogP contribution in [-0.4, -0.2) is 31.6 Å². The van der Waals surface area contributed by atoms with Crippen molar-refractivity contribution in [3.8, 4) is 11.5 Å². The summed E-state index contributed by atoms with van der Waals surface area (Å²) in [5, 5.41) is 9.74. The van der Waals surface area contributed by atoms with Gasteiger partial charge in [-0.15, -0.1) is 0 Å². The van der Waals surface area contributed by atoms with Crippen molar-refractivity contribution in [3.05, 3.63) is 29.3 Å². The highest BCUT2D eigenvalue weighted by Gasteiger charge is 2.10. The van der Waals surface area contributed by atoms with Gasteiger partial charge in [-0.1, -0.05) is 18.2 Å². The Morgan fingerprint density at radius 2 is 2.11 bits per heavy atom. The number of hydrogen-bond donors (Lipinski definition) is 1. The van der Waals surface area contributed by atoms with Gasteiger partial charge in [0.15, 0.2) is 17.8 Å². The summed E-state index contributed by atoms with van der Waals surface area (Å²) >= 11 is 0. The number of carbonyl (C=O) groups is 2. The number of phenolic OH excluding ortho intramolecular Hbond substituents is 1. The van der Waals surface area contributed by atoms with Crippen molar-refractivity contribution >= 4 is 18.3 Å². The van der Waals surface area contributed by atoms with E-state index in [1.54, 1.807) is 24.3 Å². The quantitative estimate of drug-likeness (QED) is 0.637. The van der Waals surface area contributed by atoms with Gasteiger partial charge in [-0.3, -0.25) is 9.59 Å². The lowest BCUT2D eigenvalue weighted by Crippen LogP contribution is -1.97. The first kappa shape index (κ1) is 13.8. The average Bonchev–Trinajstić information content (AvgIpc) is 2.39. The lowest BCUT2D eigenvalue weighted by Gasteiger charge is -2.07. The minimum absolute atomic E-state index is 0.0988. The number of carbonyl (C=O) groups excluding carboxylic acids is 2. The van der Waals surface area contributed by atoms with Gasteiger partial charge in [0.2, 0.25) is 0 Å². The molecule has 0 radical (unpaired) electrons. The van der Waals surface area contributed by atoms with Crippen LogP contribution >= 0.6 is 0 Å². The Kier molecular flexibility index (Phi) is 4.92. The first-order valence-corrected chi connectivity index (χ1v) is 5.22. The van der Waals surface area contributed by atoms with Crippen LogP contribution in [0.4, 0.5) is 0 Å². The minimum Gasteiger partial charge on any atom is -0.504 e. The molecule has 96 valence electrons. The third-order valence-electron chi connectivity index (χ3n) is 2.36. The number of rotatable bonds is 5. The second kappa shape index (κ2) is 6.44. The molecule has 0 spiro atoms. The predicted molar refractivity (Wildman–Crippen MR) is 65.7 cm³/mol. The number of ether oxygens (including phenoxy) is 2. The number of methoxy groups -OCH3 is 2. The average molecular weight is 250 g/mol. The van der Waals surface area contributed by atoms with E-state index in [1.807, 2.05) is 0 Å². The van der Waals surface area contributed by atoms with Crippen LogP contribution in [-0.2, 0) is 9.53 Å². The molecular weight excluding hydrogens is 236 g/mol. The van der Waals surface area contributed by atoms with E-state index < -0.39 is 0 Å². The molecule has 0 amide bonds. The number of benzene rings is 1. The van der Waals surface area contributed by atoms with Crippen LogP contribution in [0.15, 0.2) is 18.2 Å². The van der Waals surface area contributed by atoms with E-state index in [2.05, 4.69) is 4.74 Å². The molecule has 0 fully saturated rings. The molecule has 0 bridgehead atoms. The Morgan fingerprint density at radius 1 is 1.39 bits per heavy atom. The van der Waals surface area contributed by atoms with Gasteiger partial charge in [0.05, 0.1) is 26.2 Å². The maximum Gasteiger partial charge on any atom is 0.309 e. The molecule has 0 saturated carbocycles. The molecule has 0 heterocycles. The molecule has 0 saturated heterocycles. The maximum absolute atomic E-state index is 10.9. The second-order valence-electron chi connectivity index (χ2n) is 3.42. The molecule has 0 aromatic heterocycles. The Hall–Kier alpha value is -2.30. The van der Waals surface area contributed by atoms with Gasteiger partial charge in [-0.05, 0) is 11.6 Å². The Labute approximate surface area is 105 Å². The van der Waals surface area contributed by atoms with Crippen molar-refractivity contribution in [2.45, 2.75) is 6.42 Å². The van der Waals surface area contributed by atoms with Crippen molar-refractivity contribution in [1.82, 2.24) is 0 Å². The number of hydrogen-bond acceptors (Lipinski definition) is 5. The molecule has 1 aromatic carbocycles. The molecule has 18 heavy (non-hydrogen) atoms. The molecule has 0 aliphatic carbocycles. The Bertz CT molecular complexity index is 477. The number of aldehydes is 1. The van der Waals surface area contributed by atoms with E-state index in [1.165, 1.54) is 14.2 Å². The van der Waals surface area contributed by atoms with Gasteiger partial charge in [-0.25, -0.2) is 0 Å². The van der Waals surface area contributed by atoms with Crippen molar-refractivity contribution in [2.24, 2.45) is 0 Å². The summed E-state index contributed by atoms with van der Waals surface area (Å²) in [4.78, 5) is 21.8. The van der Waals surface area contributed by atoms with Crippen molar-refractivity contribution in [1.29, 1.82) is 0 Å². The monoisotopic (exact) mass is 250 g/mol. The standard InChI is InChI=1S/C13H14O5/c1-17-11-7-6-9(10(8-14)13(11)16)4-3-5-12(15)18-2/h3-4,6-8,16H,5H2,1-2H3. The van der Waals surface area contributed by atoms with Crippen LogP contribution in [0.5, 0.6) is 11.5 Å². The molecule has 1 N–H and O–H groups in total. The molecule has 0 aliphatic heterocycles. The highest BCUT2D eigenvalue weighted by molar-refractivity contribution is 5.87. The van der Waals surface area contributed by atoms with Crippen LogP contribution in [0.25, 0.3) is 6.08 Å². The van der Waals surface area contributed by atoms with E-state index in [0.717, 1.165) is 0 Å². The molecule has 0 atom stereocenters. The summed E-state index contributed by atoms with van der Waals surface area (Å²) in [5.41, 5.74) is 0.627. The molecule has 5 nitrogen and oxygen atoms in total. The summed E-state index contributed by atoms with van der Waals surface area (Å²) in [6, 6.07) is 3.16. The van der Waals surface area contributed by atoms with Gasteiger partial charge in [-0.2, -0.15) is 0 Å². The Balaban J connectivity index is 2.99. The summed E-state index contributed by atoms with van der Waals surface area (Å²) in [6.45, 7) is 0. The van der Waals surface area contributed by atoms with Crippen LogP contribution in [0, 0.1) is 0 Å². The lowest BCUT2D eigenvalue weighted by atomic mass is 10.1. The fourth-order valence-electron chi connectivity index (χ4n) is 1.40. The first-order chi connectivity index (χ1) is 8.63. The van der Waals surface area contributed by atoms with Gasteiger partial charge in [0, 0.05) is 0 Å². The highest BCUT2D eigenvalue weighted by Crippen LogP contribution is 2.31. The van der Waals surface area contributed by atoms with E-state index in [-0.39, 0.29) is 29.5 Å². The molecule has 0 aliphatic rings. The van der Waals surface area contributed by atoms with Crippen LogP contribution in [0.3, 0.4) is 0 Å². The zero-order valence-corrected chi connectivity index (χ0v) is 10.2.